The standard InChI is InChI=1S/C19H14ClFN2O3S/c20-14-2-1-3-17(12-14)22-19(24)13-4-8-16(9-5-13)23-27(25,26)18-10-6-15(21)7-11-18/h1-12,23H,(H,22,24). The molecule has 5 nitrogen and oxygen atoms in total. The molecule has 0 atom stereocenters. The van der Waals surface area contributed by atoms with E-state index in [0.29, 0.717) is 16.3 Å². The molecule has 0 spiro atoms. The van der Waals surface area contributed by atoms with Crippen molar-refractivity contribution >= 4 is 38.9 Å². The number of carbonyl (C=O) groups is 1. The zero-order chi connectivity index (χ0) is 19.4. The third-order valence-corrected chi connectivity index (χ3v) is 5.24. The minimum Gasteiger partial charge on any atom is -0.322 e. The number of halogens is 2. The molecule has 0 saturated heterocycles. The number of hydrogen-bond donors (Lipinski definition) is 2. The molecule has 2 N–H and O–H groups in total. The first-order chi connectivity index (χ1) is 12.8. The van der Waals surface area contributed by atoms with Crippen molar-refractivity contribution in [1.29, 1.82) is 0 Å². The lowest BCUT2D eigenvalue weighted by molar-refractivity contribution is 0.102. The first-order valence-electron chi connectivity index (χ1n) is 7.79. The van der Waals surface area contributed by atoms with Gasteiger partial charge in [-0.2, -0.15) is 0 Å². The number of amides is 1. The Balaban J connectivity index is 1.71. The van der Waals surface area contributed by atoms with Crippen molar-refractivity contribution in [3.8, 4) is 0 Å². The summed E-state index contributed by atoms with van der Waals surface area (Å²) in [5, 5.41) is 3.20. The Morgan fingerprint density at radius 2 is 1.56 bits per heavy atom. The highest BCUT2D eigenvalue weighted by Crippen LogP contribution is 2.19. The molecule has 1 amide bonds. The number of nitrogens with one attached hydrogen (secondary N) is 2. The third kappa shape index (κ3) is 4.84. The summed E-state index contributed by atoms with van der Waals surface area (Å²) in [6.45, 7) is 0. The van der Waals surface area contributed by atoms with Crippen molar-refractivity contribution in [3.63, 3.8) is 0 Å². The van der Waals surface area contributed by atoms with Crippen LogP contribution in [0.25, 0.3) is 0 Å². The lowest BCUT2D eigenvalue weighted by Crippen LogP contribution is -2.14. The van der Waals surface area contributed by atoms with Gasteiger partial charge >= 0.3 is 0 Å². The van der Waals surface area contributed by atoms with Gasteiger partial charge in [0.15, 0.2) is 0 Å². The molecule has 3 rings (SSSR count). The maximum atomic E-state index is 12.9. The average molecular weight is 405 g/mol. The number of sulfonamides is 1. The third-order valence-electron chi connectivity index (χ3n) is 3.61. The Bertz CT molecular complexity index is 1070. The minimum absolute atomic E-state index is 0.0633. The van der Waals surface area contributed by atoms with Crippen LogP contribution in [0, 0.1) is 5.82 Å². The van der Waals surface area contributed by atoms with E-state index >= 15 is 0 Å². The van der Waals surface area contributed by atoms with E-state index in [1.165, 1.54) is 36.4 Å². The highest BCUT2D eigenvalue weighted by Gasteiger charge is 2.14. The van der Waals surface area contributed by atoms with E-state index in [1.807, 2.05) is 0 Å². The fraction of sp³-hybridized carbons (Fsp3) is 0. The smallest absolute Gasteiger partial charge is 0.261 e. The Kier molecular flexibility index (Phi) is 5.43. The van der Waals surface area contributed by atoms with E-state index in [4.69, 9.17) is 11.6 Å². The molecule has 3 aromatic carbocycles. The van der Waals surface area contributed by atoms with Crippen LogP contribution in [-0.2, 0) is 10.0 Å². The van der Waals surface area contributed by atoms with Crippen molar-refractivity contribution < 1.29 is 17.6 Å². The van der Waals surface area contributed by atoms with Crippen LogP contribution in [0.4, 0.5) is 15.8 Å². The van der Waals surface area contributed by atoms with Gasteiger partial charge in [0.05, 0.1) is 4.90 Å². The van der Waals surface area contributed by atoms with Crippen LogP contribution in [0.2, 0.25) is 5.02 Å². The van der Waals surface area contributed by atoms with Crippen LogP contribution in [0.3, 0.4) is 0 Å². The summed E-state index contributed by atoms with van der Waals surface area (Å²) in [7, 11) is -3.85. The summed E-state index contributed by atoms with van der Waals surface area (Å²) in [6.07, 6.45) is 0. The molecule has 0 aliphatic carbocycles. The predicted octanol–water partition coefficient (Wildman–Crippen LogP) is 4.53. The second kappa shape index (κ2) is 7.77. The van der Waals surface area contributed by atoms with Gasteiger partial charge in [-0.1, -0.05) is 17.7 Å². The van der Waals surface area contributed by atoms with Gasteiger partial charge in [0.1, 0.15) is 5.82 Å². The Morgan fingerprint density at radius 1 is 0.889 bits per heavy atom. The van der Waals surface area contributed by atoms with Crippen LogP contribution in [-0.4, -0.2) is 14.3 Å². The first kappa shape index (κ1) is 18.9. The molecule has 27 heavy (non-hydrogen) atoms. The molecular weight excluding hydrogens is 391 g/mol. The van der Waals surface area contributed by atoms with Gasteiger partial charge in [0, 0.05) is 22.0 Å². The molecule has 0 aliphatic heterocycles. The normalized spacial score (nSPS) is 11.0. The van der Waals surface area contributed by atoms with E-state index < -0.39 is 15.8 Å². The van der Waals surface area contributed by atoms with E-state index in [9.17, 15) is 17.6 Å². The molecule has 0 fully saturated rings. The second-order valence-electron chi connectivity index (χ2n) is 5.60. The lowest BCUT2D eigenvalue weighted by atomic mass is 10.2. The molecule has 0 aromatic heterocycles. The monoisotopic (exact) mass is 404 g/mol. The zero-order valence-corrected chi connectivity index (χ0v) is 15.4. The summed E-state index contributed by atoms with van der Waals surface area (Å²) in [5.74, 6) is -0.880. The highest BCUT2D eigenvalue weighted by molar-refractivity contribution is 7.92. The quantitative estimate of drug-likeness (QED) is 0.655. The minimum atomic E-state index is -3.85. The molecule has 0 aliphatic rings. The van der Waals surface area contributed by atoms with E-state index in [1.54, 1.807) is 24.3 Å². The molecule has 0 unspecified atom stereocenters. The SMILES string of the molecule is O=C(Nc1cccc(Cl)c1)c1ccc(NS(=O)(=O)c2ccc(F)cc2)cc1. The van der Waals surface area contributed by atoms with Crippen LogP contribution in [0.1, 0.15) is 10.4 Å². The van der Waals surface area contributed by atoms with Gasteiger partial charge in [-0.3, -0.25) is 9.52 Å². The summed E-state index contributed by atoms with van der Waals surface area (Å²) in [4.78, 5) is 12.2. The number of carbonyl (C=O) groups excluding carboxylic acids is 1. The Hall–Kier alpha value is -2.90. The molecule has 3 aromatic rings. The fourth-order valence-corrected chi connectivity index (χ4v) is 3.54. The summed E-state index contributed by atoms with van der Waals surface area (Å²) < 4.78 is 39.9. The number of rotatable bonds is 5. The molecule has 0 radical (unpaired) electrons. The summed E-state index contributed by atoms with van der Waals surface area (Å²) >= 11 is 5.88. The van der Waals surface area contributed by atoms with E-state index in [2.05, 4.69) is 10.0 Å². The molecule has 8 heteroatoms. The van der Waals surface area contributed by atoms with Gasteiger partial charge in [-0.25, -0.2) is 12.8 Å². The van der Waals surface area contributed by atoms with Gasteiger partial charge < -0.3 is 5.32 Å². The summed E-state index contributed by atoms with van der Waals surface area (Å²) in [5.41, 5.74) is 1.17. The van der Waals surface area contributed by atoms with Crippen LogP contribution in [0.5, 0.6) is 0 Å². The number of benzene rings is 3. The van der Waals surface area contributed by atoms with Gasteiger partial charge in [0.2, 0.25) is 0 Å². The van der Waals surface area contributed by atoms with Crippen molar-refractivity contribution in [2.24, 2.45) is 0 Å². The summed E-state index contributed by atoms with van der Waals surface area (Å²) in [6, 6.07) is 17.1. The number of hydrogen-bond acceptors (Lipinski definition) is 3. The van der Waals surface area contributed by atoms with Gasteiger partial charge in [-0.05, 0) is 66.7 Å². The topological polar surface area (TPSA) is 75.3 Å². The van der Waals surface area contributed by atoms with Crippen molar-refractivity contribution in [1.82, 2.24) is 0 Å². The molecular formula is C19H14ClFN2O3S. The Morgan fingerprint density at radius 3 is 2.19 bits per heavy atom. The average Bonchev–Trinajstić information content (AvgIpc) is 2.62. The molecule has 0 saturated carbocycles. The van der Waals surface area contributed by atoms with Crippen LogP contribution in [0.15, 0.2) is 77.7 Å². The largest absolute Gasteiger partial charge is 0.322 e. The predicted molar refractivity (Wildman–Crippen MR) is 103 cm³/mol. The Labute approximate surface area is 160 Å². The van der Waals surface area contributed by atoms with E-state index in [0.717, 1.165) is 12.1 Å². The van der Waals surface area contributed by atoms with Crippen LogP contribution < -0.4 is 10.0 Å². The van der Waals surface area contributed by atoms with Crippen LogP contribution >= 0.6 is 11.6 Å². The van der Waals surface area contributed by atoms with Gasteiger partial charge in [-0.15, -0.1) is 0 Å². The van der Waals surface area contributed by atoms with Crippen molar-refractivity contribution in [2.75, 3.05) is 10.0 Å². The first-order valence-corrected chi connectivity index (χ1v) is 9.65. The highest BCUT2D eigenvalue weighted by atomic mass is 35.5. The molecule has 138 valence electrons. The van der Waals surface area contributed by atoms with Crippen molar-refractivity contribution in [2.45, 2.75) is 4.90 Å². The van der Waals surface area contributed by atoms with E-state index in [-0.39, 0.29) is 16.5 Å². The second-order valence-corrected chi connectivity index (χ2v) is 7.72. The molecule has 0 bridgehead atoms. The lowest BCUT2D eigenvalue weighted by Gasteiger charge is -2.09. The zero-order valence-electron chi connectivity index (χ0n) is 13.8. The molecule has 0 heterocycles. The van der Waals surface area contributed by atoms with Gasteiger partial charge in [0.25, 0.3) is 15.9 Å². The number of anilines is 2. The fourth-order valence-electron chi connectivity index (χ4n) is 2.29. The van der Waals surface area contributed by atoms with Crippen molar-refractivity contribution in [3.05, 3.63) is 89.2 Å². The maximum Gasteiger partial charge on any atom is 0.261 e. The maximum absolute atomic E-state index is 12.9.